The van der Waals surface area contributed by atoms with Crippen LogP contribution in [-0.2, 0) is 0 Å². The third kappa shape index (κ3) is 2.79. The first kappa shape index (κ1) is 12.0. The summed E-state index contributed by atoms with van der Waals surface area (Å²) >= 11 is 3.59. The van der Waals surface area contributed by atoms with Crippen LogP contribution in [0.25, 0.3) is 0 Å². The fraction of sp³-hybridized carbons (Fsp3) is 0.571. The number of hydrogen-bond acceptors (Lipinski definition) is 1. The summed E-state index contributed by atoms with van der Waals surface area (Å²) in [5.74, 6) is 2.62. The van der Waals surface area contributed by atoms with Gasteiger partial charge in [-0.1, -0.05) is 28.1 Å². The predicted octanol–water partition coefficient (Wildman–Crippen LogP) is 4.36. The zero-order valence-electron chi connectivity index (χ0n) is 9.79. The van der Waals surface area contributed by atoms with Gasteiger partial charge in [0.15, 0.2) is 0 Å². The van der Waals surface area contributed by atoms with Crippen molar-refractivity contribution in [2.45, 2.75) is 31.6 Å². The number of hydrogen-bond donors (Lipinski definition) is 0. The van der Waals surface area contributed by atoms with Crippen LogP contribution < -0.4 is 4.74 Å². The zero-order valence-corrected chi connectivity index (χ0v) is 11.4. The normalized spacial score (nSPS) is 25.4. The summed E-state index contributed by atoms with van der Waals surface area (Å²) < 4.78 is 5.28. The maximum atomic E-state index is 5.28. The van der Waals surface area contributed by atoms with E-state index in [0.717, 1.165) is 22.9 Å². The van der Waals surface area contributed by atoms with Crippen molar-refractivity contribution in [1.82, 2.24) is 0 Å². The van der Waals surface area contributed by atoms with Crippen LogP contribution in [-0.4, -0.2) is 12.4 Å². The fourth-order valence-electron chi connectivity index (χ4n) is 2.55. The minimum atomic E-state index is 0.741. The lowest BCUT2D eigenvalue weighted by Crippen LogP contribution is -2.14. The molecule has 0 radical (unpaired) electrons. The van der Waals surface area contributed by atoms with Crippen molar-refractivity contribution in [2.24, 2.45) is 5.92 Å². The maximum absolute atomic E-state index is 5.28. The van der Waals surface area contributed by atoms with Gasteiger partial charge in [0.25, 0.3) is 0 Å². The summed E-state index contributed by atoms with van der Waals surface area (Å²) in [7, 11) is 1.74. The first-order valence-corrected chi connectivity index (χ1v) is 7.15. The minimum absolute atomic E-state index is 0.741. The summed E-state index contributed by atoms with van der Waals surface area (Å²) in [5.41, 5.74) is 1.45. The topological polar surface area (TPSA) is 9.23 Å². The Bertz CT molecular complexity index is 329. The average Bonchev–Trinajstić information content (AvgIpc) is 2.39. The Morgan fingerprint density at radius 3 is 2.62 bits per heavy atom. The second kappa shape index (κ2) is 5.72. The van der Waals surface area contributed by atoms with Gasteiger partial charge in [-0.3, -0.25) is 0 Å². The van der Waals surface area contributed by atoms with Crippen molar-refractivity contribution >= 4 is 15.9 Å². The highest BCUT2D eigenvalue weighted by atomic mass is 79.9. The highest BCUT2D eigenvalue weighted by Crippen LogP contribution is 2.37. The molecule has 1 aliphatic rings. The summed E-state index contributed by atoms with van der Waals surface area (Å²) in [6.45, 7) is 0. The van der Waals surface area contributed by atoms with Gasteiger partial charge in [-0.15, -0.1) is 0 Å². The van der Waals surface area contributed by atoms with Gasteiger partial charge in [0.1, 0.15) is 5.75 Å². The third-order valence-corrected chi connectivity index (χ3v) is 4.55. The first-order chi connectivity index (χ1) is 7.83. The van der Waals surface area contributed by atoms with Crippen LogP contribution in [0, 0.1) is 5.92 Å². The van der Waals surface area contributed by atoms with Crippen molar-refractivity contribution < 1.29 is 4.74 Å². The second-order valence-electron chi connectivity index (χ2n) is 4.65. The van der Waals surface area contributed by atoms with E-state index in [1.54, 1.807) is 7.11 Å². The van der Waals surface area contributed by atoms with E-state index < -0.39 is 0 Å². The Morgan fingerprint density at radius 2 is 2.00 bits per heavy atom. The standard InChI is InChI=1S/C14H19BrO/c1-16-14-4-2-3-13(9-14)12-7-5-11(10-15)6-8-12/h2-4,9,11-12H,5-8,10H2,1H3/t11-,12-. The Morgan fingerprint density at radius 1 is 1.25 bits per heavy atom. The molecular weight excluding hydrogens is 264 g/mol. The molecule has 0 aromatic heterocycles. The summed E-state index contributed by atoms with van der Waals surface area (Å²) in [5, 5.41) is 1.16. The molecule has 0 atom stereocenters. The smallest absolute Gasteiger partial charge is 0.119 e. The Kier molecular flexibility index (Phi) is 4.28. The molecule has 0 spiro atoms. The quantitative estimate of drug-likeness (QED) is 0.749. The molecule has 0 aliphatic heterocycles. The van der Waals surface area contributed by atoms with Crippen LogP contribution in [0.5, 0.6) is 5.75 Å². The second-order valence-corrected chi connectivity index (χ2v) is 5.30. The molecule has 1 aromatic carbocycles. The molecule has 0 amide bonds. The van der Waals surface area contributed by atoms with Crippen LogP contribution in [0.3, 0.4) is 0 Å². The van der Waals surface area contributed by atoms with Crippen LogP contribution in [0.2, 0.25) is 0 Å². The van der Waals surface area contributed by atoms with Gasteiger partial charge in [-0.05, 0) is 55.2 Å². The van der Waals surface area contributed by atoms with Crippen molar-refractivity contribution in [3.8, 4) is 5.75 Å². The van der Waals surface area contributed by atoms with E-state index in [-0.39, 0.29) is 0 Å². The molecule has 2 rings (SSSR count). The lowest BCUT2D eigenvalue weighted by molar-refractivity contribution is 0.352. The SMILES string of the molecule is COc1cccc([C@H]2CC[C@H](CBr)CC2)c1. The van der Waals surface area contributed by atoms with Gasteiger partial charge >= 0.3 is 0 Å². The Balaban J connectivity index is 2.02. The molecule has 1 nitrogen and oxygen atoms in total. The maximum Gasteiger partial charge on any atom is 0.119 e. The number of methoxy groups -OCH3 is 1. The van der Waals surface area contributed by atoms with Gasteiger partial charge in [0, 0.05) is 5.33 Å². The van der Waals surface area contributed by atoms with Gasteiger partial charge in [-0.25, -0.2) is 0 Å². The van der Waals surface area contributed by atoms with E-state index in [9.17, 15) is 0 Å². The molecule has 0 saturated heterocycles. The zero-order chi connectivity index (χ0) is 11.4. The summed E-state index contributed by atoms with van der Waals surface area (Å²) in [6.07, 6.45) is 5.35. The molecular formula is C14H19BrO. The number of halogens is 1. The molecule has 1 fully saturated rings. The first-order valence-electron chi connectivity index (χ1n) is 6.03. The van der Waals surface area contributed by atoms with E-state index in [1.807, 2.05) is 6.07 Å². The number of alkyl halides is 1. The molecule has 88 valence electrons. The highest BCUT2D eigenvalue weighted by molar-refractivity contribution is 9.09. The molecule has 1 aliphatic carbocycles. The lowest BCUT2D eigenvalue weighted by atomic mass is 9.79. The van der Waals surface area contributed by atoms with Crippen LogP contribution in [0.4, 0.5) is 0 Å². The number of benzene rings is 1. The van der Waals surface area contributed by atoms with Crippen molar-refractivity contribution in [3.63, 3.8) is 0 Å². The van der Waals surface area contributed by atoms with Crippen molar-refractivity contribution in [1.29, 1.82) is 0 Å². The Hall–Kier alpha value is -0.500. The molecule has 1 aromatic rings. The van der Waals surface area contributed by atoms with Crippen LogP contribution >= 0.6 is 15.9 Å². The molecule has 0 heterocycles. The molecule has 2 heteroatoms. The van der Waals surface area contributed by atoms with Crippen LogP contribution in [0.1, 0.15) is 37.2 Å². The highest BCUT2D eigenvalue weighted by Gasteiger charge is 2.21. The van der Waals surface area contributed by atoms with E-state index in [0.29, 0.717) is 0 Å². The minimum Gasteiger partial charge on any atom is -0.497 e. The predicted molar refractivity (Wildman–Crippen MR) is 71.5 cm³/mol. The molecule has 16 heavy (non-hydrogen) atoms. The molecule has 1 saturated carbocycles. The number of ether oxygens (including phenoxy) is 1. The monoisotopic (exact) mass is 282 g/mol. The molecule has 0 unspecified atom stereocenters. The largest absolute Gasteiger partial charge is 0.497 e. The summed E-state index contributed by atoms with van der Waals surface area (Å²) in [6, 6.07) is 8.55. The summed E-state index contributed by atoms with van der Waals surface area (Å²) in [4.78, 5) is 0. The number of rotatable bonds is 3. The van der Waals surface area contributed by atoms with E-state index in [4.69, 9.17) is 4.74 Å². The van der Waals surface area contributed by atoms with E-state index in [1.165, 1.54) is 31.2 Å². The fourth-order valence-corrected chi connectivity index (χ4v) is 3.19. The van der Waals surface area contributed by atoms with Gasteiger partial charge in [0.2, 0.25) is 0 Å². The van der Waals surface area contributed by atoms with Crippen molar-refractivity contribution in [3.05, 3.63) is 29.8 Å². The van der Waals surface area contributed by atoms with Crippen LogP contribution in [0.15, 0.2) is 24.3 Å². The van der Waals surface area contributed by atoms with Gasteiger partial charge in [-0.2, -0.15) is 0 Å². The van der Waals surface area contributed by atoms with Gasteiger partial charge in [0.05, 0.1) is 7.11 Å². The lowest BCUT2D eigenvalue weighted by Gasteiger charge is -2.27. The van der Waals surface area contributed by atoms with Gasteiger partial charge < -0.3 is 4.74 Å². The van der Waals surface area contributed by atoms with E-state index >= 15 is 0 Å². The van der Waals surface area contributed by atoms with E-state index in [2.05, 4.69) is 34.1 Å². The average molecular weight is 283 g/mol. The molecule has 0 bridgehead atoms. The third-order valence-electron chi connectivity index (χ3n) is 3.63. The molecule has 0 N–H and O–H groups in total. The Labute approximate surface area is 106 Å². The van der Waals surface area contributed by atoms with Crippen molar-refractivity contribution in [2.75, 3.05) is 12.4 Å².